The van der Waals surface area contributed by atoms with Crippen molar-refractivity contribution in [2.45, 2.75) is 25.8 Å². The Hall–Kier alpha value is -2.00. The predicted molar refractivity (Wildman–Crippen MR) is 91.1 cm³/mol. The molecule has 136 valence electrons. The Balaban J connectivity index is 1.59. The van der Waals surface area contributed by atoms with Crippen LogP contribution in [0, 0.1) is 11.7 Å². The van der Waals surface area contributed by atoms with Crippen molar-refractivity contribution in [3.63, 3.8) is 0 Å². The molecule has 3 rings (SSSR count). The number of hydrogen-bond donors (Lipinski definition) is 1. The van der Waals surface area contributed by atoms with E-state index in [0.717, 1.165) is 5.56 Å². The van der Waals surface area contributed by atoms with Gasteiger partial charge >= 0.3 is 0 Å². The Morgan fingerprint density at radius 1 is 1.36 bits per heavy atom. The Labute approximate surface area is 146 Å². The van der Waals surface area contributed by atoms with Gasteiger partial charge in [-0.05, 0) is 35.2 Å². The van der Waals surface area contributed by atoms with Crippen LogP contribution in [0.2, 0.25) is 0 Å². The first-order valence-corrected chi connectivity index (χ1v) is 9.95. The number of anilines is 1. The summed E-state index contributed by atoms with van der Waals surface area (Å²) >= 11 is 0. The van der Waals surface area contributed by atoms with E-state index in [9.17, 15) is 12.8 Å². The molecule has 1 aromatic heterocycles. The minimum absolute atomic E-state index is 0.0780. The normalized spacial score (nSPS) is 22.0. The Morgan fingerprint density at radius 2 is 2.08 bits per heavy atom. The first kappa shape index (κ1) is 17.8. The third-order valence-corrected chi connectivity index (χ3v) is 5.66. The molecule has 0 amide bonds. The number of rotatable bonds is 5. The summed E-state index contributed by atoms with van der Waals surface area (Å²) in [5.41, 5.74) is 0.881. The molecule has 2 heterocycles. The lowest BCUT2D eigenvalue weighted by atomic mass is 9.95. The van der Waals surface area contributed by atoms with Gasteiger partial charge in [0.1, 0.15) is 5.82 Å². The number of benzene rings is 1. The lowest BCUT2D eigenvalue weighted by molar-refractivity contribution is 0.261. The summed E-state index contributed by atoms with van der Waals surface area (Å²) in [7, 11) is -3.16. The van der Waals surface area contributed by atoms with E-state index in [0.29, 0.717) is 37.8 Å². The van der Waals surface area contributed by atoms with Crippen molar-refractivity contribution >= 4 is 16.0 Å². The van der Waals surface area contributed by atoms with Crippen LogP contribution in [0.5, 0.6) is 0 Å². The van der Waals surface area contributed by atoms with Crippen LogP contribution in [-0.2, 0) is 16.4 Å². The zero-order valence-corrected chi connectivity index (χ0v) is 15.0. The van der Waals surface area contributed by atoms with Crippen molar-refractivity contribution in [2.24, 2.45) is 5.92 Å². The highest BCUT2D eigenvalue weighted by Crippen LogP contribution is 2.22. The van der Waals surface area contributed by atoms with E-state index in [1.165, 1.54) is 22.7 Å². The van der Waals surface area contributed by atoms with Crippen LogP contribution in [0.1, 0.15) is 24.8 Å². The maximum absolute atomic E-state index is 12.9. The van der Waals surface area contributed by atoms with Gasteiger partial charge in [0, 0.05) is 19.1 Å². The molecule has 25 heavy (non-hydrogen) atoms. The van der Waals surface area contributed by atoms with Crippen LogP contribution in [0.15, 0.2) is 28.8 Å². The van der Waals surface area contributed by atoms with E-state index in [4.69, 9.17) is 4.52 Å². The van der Waals surface area contributed by atoms with E-state index < -0.39 is 10.0 Å². The zero-order chi connectivity index (χ0) is 18.0. The van der Waals surface area contributed by atoms with Crippen molar-refractivity contribution in [1.29, 1.82) is 0 Å². The molecule has 0 aliphatic carbocycles. The Bertz CT molecular complexity index is 822. The highest BCUT2D eigenvalue weighted by molar-refractivity contribution is 7.88. The molecule has 0 spiro atoms. The van der Waals surface area contributed by atoms with E-state index in [2.05, 4.69) is 15.5 Å². The summed E-state index contributed by atoms with van der Waals surface area (Å²) in [6.45, 7) is 2.94. The number of hydrogen-bond acceptors (Lipinski definition) is 6. The Morgan fingerprint density at radius 3 is 2.72 bits per heavy atom. The summed E-state index contributed by atoms with van der Waals surface area (Å²) in [5, 5.41) is 7.14. The van der Waals surface area contributed by atoms with Crippen LogP contribution in [-0.4, -0.2) is 48.3 Å². The average molecular weight is 368 g/mol. The average Bonchev–Trinajstić information content (AvgIpc) is 2.98. The van der Waals surface area contributed by atoms with Crippen LogP contribution in [0.3, 0.4) is 0 Å². The molecule has 2 atom stereocenters. The second kappa shape index (κ2) is 7.09. The SMILES string of the molecule is CC1CN(S(C)(=O)=O)CCC1Nc1noc(Cc2ccc(F)cc2)n1. The standard InChI is InChI=1S/C16H21FN4O3S/c1-11-10-21(25(2,22)23)8-7-14(11)18-16-19-15(24-20-16)9-12-3-5-13(17)6-4-12/h3-6,11,14H,7-10H2,1-2H3,(H,18,20). The number of aromatic nitrogens is 2. The topological polar surface area (TPSA) is 88.3 Å². The molecular weight excluding hydrogens is 347 g/mol. The first-order chi connectivity index (χ1) is 11.8. The molecule has 1 aromatic carbocycles. The van der Waals surface area contributed by atoms with Gasteiger partial charge in [-0.2, -0.15) is 4.98 Å². The summed E-state index contributed by atoms with van der Waals surface area (Å²) in [4.78, 5) is 4.31. The van der Waals surface area contributed by atoms with Gasteiger partial charge in [-0.3, -0.25) is 0 Å². The van der Waals surface area contributed by atoms with Crippen LogP contribution < -0.4 is 5.32 Å². The summed E-state index contributed by atoms with van der Waals surface area (Å²) < 4.78 is 42.9. The molecule has 1 fully saturated rings. The van der Waals surface area contributed by atoms with E-state index in [1.54, 1.807) is 12.1 Å². The maximum Gasteiger partial charge on any atom is 0.263 e. The molecular formula is C16H21FN4O3S. The molecule has 9 heteroatoms. The molecule has 2 unspecified atom stereocenters. The predicted octanol–water partition coefficient (Wildman–Crippen LogP) is 1.88. The van der Waals surface area contributed by atoms with Gasteiger partial charge in [-0.25, -0.2) is 17.1 Å². The fourth-order valence-corrected chi connectivity index (χ4v) is 3.89. The number of sulfonamides is 1. The first-order valence-electron chi connectivity index (χ1n) is 8.10. The Kier molecular flexibility index (Phi) is 5.05. The number of piperidine rings is 1. The molecule has 0 bridgehead atoms. The second-order valence-electron chi connectivity index (χ2n) is 6.45. The van der Waals surface area contributed by atoms with Crippen LogP contribution in [0.4, 0.5) is 10.3 Å². The molecule has 0 saturated carbocycles. The highest BCUT2D eigenvalue weighted by Gasteiger charge is 2.31. The lowest BCUT2D eigenvalue weighted by Crippen LogP contribution is -2.47. The fraction of sp³-hybridized carbons (Fsp3) is 0.500. The van der Waals surface area contributed by atoms with Crippen LogP contribution >= 0.6 is 0 Å². The van der Waals surface area contributed by atoms with Gasteiger partial charge in [0.25, 0.3) is 5.95 Å². The van der Waals surface area contributed by atoms with Crippen molar-refractivity contribution < 1.29 is 17.3 Å². The maximum atomic E-state index is 12.9. The largest absolute Gasteiger partial charge is 0.348 e. The second-order valence-corrected chi connectivity index (χ2v) is 8.44. The van der Waals surface area contributed by atoms with Gasteiger partial charge in [-0.1, -0.05) is 19.1 Å². The summed E-state index contributed by atoms with van der Waals surface area (Å²) in [6.07, 6.45) is 2.33. The number of halogens is 1. The van der Waals surface area contributed by atoms with Gasteiger partial charge in [0.2, 0.25) is 15.9 Å². The zero-order valence-electron chi connectivity index (χ0n) is 14.1. The summed E-state index contributed by atoms with van der Waals surface area (Å²) in [5.74, 6) is 0.672. The molecule has 2 aromatic rings. The summed E-state index contributed by atoms with van der Waals surface area (Å²) in [6, 6.07) is 6.21. The molecule has 7 nitrogen and oxygen atoms in total. The quantitative estimate of drug-likeness (QED) is 0.867. The van der Waals surface area contributed by atoms with Crippen molar-refractivity contribution in [3.05, 3.63) is 41.5 Å². The van der Waals surface area contributed by atoms with Gasteiger partial charge in [-0.15, -0.1) is 0 Å². The van der Waals surface area contributed by atoms with E-state index >= 15 is 0 Å². The molecule has 1 N–H and O–H groups in total. The molecule has 1 saturated heterocycles. The van der Waals surface area contributed by atoms with Gasteiger partial charge in [0.15, 0.2) is 0 Å². The van der Waals surface area contributed by atoms with Gasteiger partial charge in [0.05, 0.1) is 12.7 Å². The van der Waals surface area contributed by atoms with Gasteiger partial charge < -0.3 is 9.84 Å². The van der Waals surface area contributed by atoms with Crippen molar-refractivity contribution in [1.82, 2.24) is 14.4 Å². The van der Waals surface area contributed by atoms with E-state index in [1.807, 2.05) is 6.92 Å². The molecule has 1 aliphatic rings. The minimum atomic E-state index is -3.16. The number of nitrogens with zero attached hydrogens (tertiary/aromatic N) is 3. The van der Waals surface area contributed by atoms with Crippen LogP contribution in [0.25, 0.3) is 0 Å². The molecule has 1 aliphatic heterocycles. The molecule has 0 radical (unpaired) electrons. The fourth-order valence-electron chi connectivity index (χ4n) is 2.95. The highest BCUT2D eigenvalue weighted by atomic mass is 32.2. The van der Waals surface area contributed by atoms with E-state index in [-0.39, 0.29) is 17.8 Å². The third kappa shape index (κ3) is 4.55. The number of nitrogens with one attached hydrogen (secondary N) is 1. The third-order valence-electron chi connectivity index (χ3n) is 4.39. The smallest absolute Gasteiger partial charge is 0.263 e. The minimum Gasteiger partial charge on any atom is -0.348 e. The lowest BCUT2D eigenvalue weighted by Gasteiger charge is -2.35. The van der Waals surface area contributed by atoms with Crippen molar-refractivity contribution in [3.8, 4) is 0 Å². The monoisotopic (exact) mass is 368 g/mol. The van der Waals surface area contributed by atoms with Crippen molar-refractivity contribution in [2.75, 3.05) is 24.7 Å².